The summed E-state index contributed by atoms with van der Waals surface area (Å²) in [5, 5.41) is 7.29. The molecule has 1 aromatic heterocycles. The molecule has 26 heavy (non-hydrogen) atoms. The van der Waals surface area contributed by atoms with Crippen LogP contribution in [0.25, 0.3) is 5.69 Å². The van der Waals surface area contributed by atoms with Gasteiger partial charge >= 0.3 is 0 Å². The molecule has 0 bridgehead atoms. The number of hydrogen-bond donors (Lipinski definition) is 1. The quantitative estimate of drug-likeness (QED) is 0.833. The molecule has 0 atom stereocenters. The van der Waals surface area contributed by atoms with Crippen molar-refractivity contribution in [3.8, 4) is 5.69 Å². The maximum atomic E-state index is 12.4. The Morgan fingerprint density at radius 1 is 1.19 bits per heavy atom. The molecular formula is C18H24N4O3S. The molecule has 0 spiro atoms. The fraction of sp³-hybridized carbons (Fsp3) is 0.444. The number of benzene rings is 1. The van der Waals surface area contributed by atoms with Crippen LogP contribution < -0.4 is 5.32 Å². The second-order valence-corrected chi connectivity index (χ2v) is 8.53. The fourth-order valence-corrected chi connectivity index (χ4v) is 4.64. The van der Waals surface area contributed by atoms with E-state index < -0.39 is 10.0 Å². The van der Waals surface area contributed by atoms with Crippen molar-refractivity contribution in [2.24, 2.45) is 0 Å². The monoisotopic (exact) mass is 376 g/mol. The summed E-state index contributed by atoms with van der Waals surface area (Å²) in [7, 11) is -3.16. The predicted molar refractivity (Wildman–Crippen MR) is 99.7 cm³/mol. The molecule has 2 aromatic rings. The van der Waals surface area contributed by atoms with Crippen LogP contribution in [-0.2, 0) is 10.0 Å². The van der Waals surface area contributed by atoms with E-state index in [9.17, 15) is 13.2 Å². The summed E-state index contributed by atoms with van der Waals surface area (Å²) in [6.45, 7) is 2.76. The van der Waals surface area contributed by atoms with Crippen LogP contribution in [0.4, 0.5) is 0 Å². The van der Waals surface area contributed by atoms with Crippen molar-refractivity contribution >= 4 is 15.9 Å². The lowest BCUT2D eigenvalue weighted by molar-refractivity contribution is 0.0918. The molecule has 1 aliphatic rings. The minimum Gasteiger partial charge on any atom is -0.348 e. The highest BCUT2D eigenvalue weighted by atomic mass is 32.2. The molecule has 1 saturated heterocycles. The second kappa shape index (κ2) is 8.01. The summed E-state index contributed by atoms with van der Waals surface area (Å²) in [5.74, 6) is -0.0458. The second-order valence-electron chi connectivity index (χ2n) is 6.44. The van der Waals surface area contributed by atoms with Crippen molar-refractivity contribution in [2.75, 3.05) is 18.8 Å². The van der Waals surface area contributed by atoms with E-state index in [4.69, 9.17) is 0 Å². The SMILES string of the molecule is CCCS(=O)(=O)N1CCC(NC(=O)c2ccn(-c3ccccc3)n2)CC1. The third-order valence-electron chi connectivity index (χ3n) is 4.49. The van der Waals surface area contributed by atoms with Gasteiger partial charge in [-0.15, -0.1) is 0 Å². The van der Waals surface area contributed by atoms with Crippen LogP contribution in [0.15, 0.2) is 42.6 Å². The first-order valence-corrected chi connectivity index (χ1v) is 10.5. The Bertz CT molecular complexity index is 840. The number of nitrogens with zero attached hydrogens (tertiary/aromatic N) is 3. The molecule has 8 heteroatoms. The van der Waals surface area contributed by atoms with Gasteiger partial charge in [0.15, 0.2) is 5.69 Å². The predicted octanol–water partition coefficient (Wildman–Crippen LogP) is 1.81. The van der Waals surface area contributed by atoms with E-state index in [1.54, 1.807) is 16.9 Å². The van der Waals surface area contributed by atoms with Crippen LogP contribution in [0.3, 0.4) is 0 Å². The highest BCUT2D eigenvalue weighted by Gasteiger charge is 2.28. The third-order valence-corrected chi connectivity index (χ3v) is 6.56. The zero-order valence-electron chi connectivity index (χ0n) is 14.8. The summed E-state index contributed by atoms with van der Waals surface area (Å²) in [6.07, 6.45) is 3.61. The maximum absolute atomic E-state index is 12.4. The van der Waals surface area contributed by atoms with Crippen LogP contribution in [-0.4, -0.2) is 53.3 Å². The van der Waals surface area contributed by atoms with E-state index in [1.807, 2.05) is 37.3 Å². The first-order valence-electron chi connectivity index (χ1n) is 8.89. The van der Waals surface area contributed by atoms with Crippen molar-refractivity contribution in [2.45, 2.75) is 32.2 Å². The van der Waals surface area contributed by atoms with E-state index >= 15 is 0 Å². The topological polar surface area (TPSA) is 84.3 Å². The van der Waals surface area contributed by atoms with E-state index in [-0.39, 0.29) is 17.7 Å². The van der Waals surface area contributed by atoms with E-state index in [1.165, 1.54) is 4.31 Å². The summed E-state index contributed by atoms with van der Waals surface area (Å²) in [4.78, 5) is 12.4. The number of aromatic nitrogens is 2. The maximum Gasteiger partial charge on any atom is 0.272 e. The number of rotatable bonds is 6. The number of sulfonamides is 1. The smallest absolute Gasteiger partial charge is 0.272 e. The zero-order chi connectivity index (χ0) is 18.6. The first-order chi connectivity index (χ1) is 12.5. The van der Waals surface area contributed by atoms with Gasteiger partial charge in [0.1, 0.15) is 0 Å². The van der Waals surface area contributed by atoms with Crippen LogP contribution in [0.2, 0.25) is 0 Å². The Labute approximate surface area is 154 Å². The van der Waals surface area contributed by atoms with Crippen molar-refractivity contribution in [1.82, 2.24) is 19.4 Å². The zero-order valence-corrected chi connectivity index (χ0v) is 15.7. The number of carbonyl (C=O) groups excluding carboxylic acids is 1. The van der Waals surface area contributed by atoms with Gasteiger partial charge in [0.05, 0.1) is 11.4 Å². The average molecular weight is 376 g/mol. The Hall–Kier alpha value is -2.19. The van der Waals surface area contributed by atoms with Gasteiger partial charge in [-0.2, -0.15) is 5.10 Å². The first kappa shape index (κ1) is 18.6. The van der Waals surface area contributed by atoms with Gasteiger partial charge in [-0.25, -0.2) is 17.4 Å². The lowest BCUT2D eigenvalue weighted by Gasteiger charge is -2.31. The number of amides is 1. The molecule has 1 N–H and O–H groups in total. The van der Waals surface area contributed by atoms with Crippen LogP contribution in [0.5, 0.6) is 0 Å². The number of nitrogens with one attached hydrogen (secondary N) is 1. The van der Waals surface area contributed by atoms with Crippen molar-refractivity contribution in [3.63, 3.8) is 0 Å². The summed E-state index contributed by atoms with van der Waals surface area (Å²) in [5.41, 5.74) is 1.25. The van der Waals surface area contributed by atoms with Gasteiger partial charge in [-0.1, -0.05) is 25.1 Å². The molecule has 0 saturated carbocycles. The standard InChI is InChI=1S/C18H24N4O3S/c1-2-14-26(24,25)21-11-8-15(9-12-21)19-18(23)17-10-13-22(20-17)16-6-4-3-5-7-16/h3-7,10,13,15H,2,8-9,11-12,14H2,1H3,(H,19,23). The Morgan fingerprint density at radius 2 is 1.88 bits per heavy atom. The summed E-state index contributed by atoms with van der Waals surface area (Å²) in [6, 6.07) is 11.2. The molecule has 0 radical (unpaired) electrons. The Balaban J connectivity index is 1.56. The van der Waals surface area contributed by atoms with Crippen LogP contribution in [0.1, 0.15) is 36.7 Å². The van der Waals surface area contributed by atoms with Gasteiger partial charge in [0, 0.05) is 25.3 Å². The lowest BCUT2D eigenvalue weighted by Crippen LogP contribution is -2.47. The summed E-state index contributed by atoms with van der Waals surface area (Å²) < 4.78 is 27.4. The van der Waals surface area contributed by atoms with E-state index in [0.717, 1.165) is 5.69 Å². The molecular weight excluding hydrogens is 352 g/mol. The molecule has 0 aliphatic carbocycles. The average Bonchev–Trinajstić information content (AvgIpc) is 3.13. The normalized spacial score (nSPS) is 16.5. The van der Waals surface area contributed by atoms with Gasteiger partial charge in [-0.05, 0) is 37.5 Å². The molecule has 1 aromatic carbocycles. The van der Waals surface area contributed by atoms with Crippen molar-refractivity contribution < 1.29 is 13.2 Å². The molecule has 1 amide bonds. The van der Waals surface area contributed by atoms with E-state index in [2.05, 4.69) is 10.4 Å². The molecule has 1 aliphatic heterocycles. The summed E-state index contributed by atoms with van der Waals surface area (Å²) >= 11 is 0. The molecule has 3 rings (SSSR count). The molecule has 7 nitrogen and oxygen atoms in total. The van der Waals surface area contributed by atoms with Gasteiger partial charge in [-0.3, -0.25) is 4.79 Å². The minimum atomic E-state index is -3.16. The number of carbonyl (C=O) groups is 1. The van der Waals surface area contributed by atoms with Crippen LogP contribution >= 0.6 is 0 Å². The highest BCUT2D eigenvalue weighted by Crippen LogP contribution is 2.16. The molecule has 2 heterocycles. The van der Waals surface area contributed by atoms with Crippen LogP contribution in [0, 0.1) is 0 Å². The third kappa shape index (κ3) is 4.31. The van der Waals surface area contributed by atoms with Crippen molar-refractivity contribution in [3.05, 3.63) is 48.3 Å². The fourth-order valence-electron chi connectivity index (χ4n) is 3.09. The number of hydrogen-bond acceptors (Lipinski definition) is 4. The van der Waals surface area contributed by atoms with Gasteiger partial charge in [0.25, 0.3) is 5.91 Å². The molecule has 140 valence electrons. The van der Waals surface area contributed by atoms with Gasteiger partial charge in [0.2, 0.25) is 10.0 Å². The van der Waals surface area contributed by atoms with Crippen molar-refractivity contribution in [1.29, 1.82) is 0 Å². The number of piperidine rings is 1. The largest absolute Gasteiger partial charge is 0.348 e. The molecule has 0 unspecified atom stereocenters. The number of para-hydroxylation sites is 1. The Kier molecular flexibility index (Phi) is 5.73. The lowest BCUT2D eigenvalue weighted by atomic mass is 10.1. The van der Waals surface area contributed by atoms with Gasteiger partial charge < -0.3 is 5.32 Å². The molecule has 1 fully saturated rings. The minimum absolute atomic E-state index is 0.0301. The van der Waals surface area contributed by atoms with E-state index in [0.29, 0.717) is 38.0 Å². The highest BCUT2D eigenvalue weighted by molar-refractivity contribution is 7.89. The Morgan fingerprint density at radius 3 is 2.54 bits per heavy atom.